The van der Waals surface area contributed by atoms with Crippen LogP contribution in [-0.4, -0.2) is 0 Å². The molecule has 0 amide bonds. The summed E-state index contributed by atoms with van der Waals surface area (Å²) in [4.78, 5) is 0. The van der Waals surface area contributed by atoms with Gasteiger partial charge in [0.15, 0.2) is 0 Å². The van der Waals surface area contributed by atoms with Crippen molar-refractivity contribution in [2.45, 2.75) is 213 Å². The van der Waals surface area contributed by atoms with Crippen molar-refractivity contribution in [3.05, 3.63) is 87.3 Å². The monoisotopic (exact) mass is 703 g/mol. The smallest absolute Gasteiger partial charge is 0.0221 e. The Kier molecular flexibility index (Phi) is 16.9. The molecular weight excluding hydrogens is 625 g/mol. The van der Waals surface area contributed by atoms with Crippen LogP contribution in [0.5, 0.6) is 0 Å². The summed E-state index contributed by atoms with van der Waals surface area (Å²) in [6, 6.07) is 19.4. The zero-order valence-electron chi connectivity index (χ0n) is 34.6. The molecule has 0 nitrogen and oxygen atoms in total. The second-order valence-corrected chi connectivity index (χ2v) is 17.3. The molecule has 2 aromatic carbocycles. The van der Waals surface area contributed by atoms with Crippen molar-refractivity contribution in [2.24, 2.45) is 5.41 Å². The van der Waals surface area contributed by atoms with Gasteiger partial charge in [0.25, 0.3) is 0 Å². The minimum absolute atomic E-state index is 0.121. The van der Waals surface area contributed by atoms with E-state index in [1.54, 1.807) is 38.6 Å². The van der Waals surface area contributed by atoms with Gasteiger partial charge >= 0.3 is 0 Å². The first kappa shape index (κ1) is 40.8. The minimum atomic E-state index is 0.121. The molecule has 0 radical (unpaired) electrons. The van der Waals surface area contributed by atoms with Crippen molar-refractivity contribution >= 4 is 17.2 Å². The van der Waals surface area contributed by atoms with Gasteiger partial charge in [-0.2, -0.15) is 0 Å². The third-order valence-electron chi connectivity index (χ3n) is 13.3. The van der Waals surface area contributed by atoms with E-state index in [1.165, 1.54) is 185 Å². The van der Waals surface area contributed by atoms with Crippen LogP contribution >= 0.6 is 0 Å². The summed E-state index contributed by atoms with van der Waals surface area (Å²) in [5.74, 6) is 0. The van der Waals surface area contributed by atoms with E-state index in [2.05, 4.69) is 88.4 Å². The molecule has 0 unspecified atom stereocenters. The molecule has 0 saturated carbocycles. The van der Waals surface area contributed by atoms with Crippen molar-refractivity contribution < 1.29 is 0 Å². The van der Waals surface area contributed by atoms with Crippen LogP contribution in [0.4, 0.5) is 0 Å². The van der Waals surface area contributed by atoms with E-state index in [9.17, 15) is 0 Å². The zero-order valence-corrected chi connectivity index (χ0v) is 34.6. The van der Waals surface area contributed by atoms with Crippen LogP contribution in [0.1, 0.15) is 219 Å². The standard InChI is InChI=1S/C52H78/c1-5-9-13-17-21-29-37-51(38-30-22-18-14-10-6-2)42-47-45-35-27-28-36-48(45)52(39-31-23-19-15-11-7-3,40-32-24-20-16-12-8-4)50(47)46-41-43-33-25-26-34-44(43)49(46)51/h25-28,33-36,41-42H,5-24,29-32,37-40H2,1-4H3. The summed E-state index contributed by atoms with van der Waals surface area (Å²) in [7, 11) is 0. The first-order valence-corrected chi connectivity index (χ1v) is 23.1. The van der Waals surface area contributed by atoms with Gasteiger partial charge in [0.05, 0.1) is 0 Å². The van der Waals surface area contributed by atoms with Gasteiger partial charge in [0.1, 0.15) is 0 Å². The number of unbranched alkanes of at least 4 members (excludes halogenated alkanes) is 20. The predicted octanol–water partition coefficient (Wildman–Crippen LogP) is 15.3. The van der Waals surface area contributed by atoms with Gasteiger partial charge in [-0.15, -0.1) is 0 Å². The van der Waals surface area contributed by atoms with Crippen LogP contribution in [0.25, 0.3) is 17.2 Å². The minimum Gasteiger partial charge on any atom is -0.0657 e. The molecular formula is C52H78. The van der Waals surface area contributed by atoms with Crippen molar-refractivity contribution in [2.75, 3.05) is 0 Å². The predicted molar refractivity (Wildman–Crippen MR) is 231 cm³/mol. The van der Waals surface area contributed by atoms with E-state index >= 15 is 0 Å². The van der Waals surface area contributed by atoms with Gasteiger partial charge in [-0.25, -0.2) is 0 Å². The maximum absolute atomic E-state index is 2.93. The number of allylic oxidation sites excluding steroid dienone is 4. The summed E-state index contributed by atoms with van der Waals surface area (Å²) < 4.78 is 0. The van der Waals surface area contributed by atoms with Crippen LogP contribution in [0.3, 0.4) is 0 Å². The molecule has 0 aromatic heterocycles. The summed E-state index contributed by atoms with van der Waals surface area (Å²) >= 11 is 0. The number of hydrogen-bond donors (Lipinski definition) is 0. The van der Waals surface area contributed by atoms with Crippen LogP contribution in [0.15, 0.2) is 65.8 Å². The Hall–Kier alpha value is -2.34. The summed E-state index contributed by atoms with van der Waals surface area (Å²) in [6.07, 6.45) is 43.8. The molecule has 0 bridgehead atoms. The highest BCUT2D eigenvalue weighted by molar-refractivity contribution is 6.03. The van der Waals surface area contributed by atoms with Crippen LogP contribution in [-0.2, 0) is 5.41 Å². The first-order chi connectivity index (χ1) is 25.7. The maximum atomic E-state index is 2.93. The second-order valence-electron chi connectivity index (χ2n) is 17.3. The highest BCUT2D eigenvalue weighted by atomic mass is 14.5. The quantitative estimate of drug-likeness (QED) is 0.0774. The third kappa shape index (κ3) is 9.85. The summed E-state index contributed by atoms with van der Waals surface area (Å²) in [5.41, 5.74) is 10.3. The topological polar surface area (TPSA) is 0 Å². The molecule has 0 atom stereocenters. The lowest BCUT2D eigenvalue weighted by atomic mass is 9.61. The average Bonchev–Trinajstić information content (AvgIpc) is 3.68. The lowest BCUT2D eigenvalue weighted by Crippen LogP contribution is -2.34. The fraction of sp³-hybridized carbons (Fsp3) is 0.654. The van der Waals surface area contributed by atoms with Crippen molar-refractivity contribution in [1.29, 1.82) is 0 Å². The largest absolute Gasteiger partial charge is 0.0657 e. The molecule has 3 aliphatic carbocycles. The highest BCUT2D eigenvalue weighted by Crippen LogP contribution is 2.63. The average molecular weight is 703 g/mol. The number of fused-ring (bicyclic) bond motifs is 5. The van der Waals surface area contributed by atoms with Crippen LogP contribution in [0, 0.1) is 5.41 Å². The zero-order chi connectivity index (χ0) is 36.5. The van der Waals surface area contributed by atoms with Gasteiger partial charge in [0.2, 0.25) is 0 Å². The number of rotatable bonds is 28. The van der Waals surface area contributed by atoms with E-state index in [4.69, 9.17) is 0 Å². The molecule has 3 aliphatic rings. The molecule has 0 saturated heterocycles. The molecule has 2 aromatic rings. The second kappa shape index (κ2) is 21.5. The van der Waals surface area contributed by atoms with Crippen molar-refractivity contribution in [3.63, 3.8) is 0 Å². The van der Waals surface area contributed by atoms with E-state index in [0.717, 1.165) is 0 Å². The van der Waals surface area contributed by atoms with E-state index in [1.807, 2.05) is 0 Å². The Balaban J connectivity index is 1.60. The lowest BCUT2D eigenvalue weighted by molar-refractivity contribution is 0.375. The molecule has 0 heteroatoms. The molecule has 52 heavy (non-hydrogen) atoms. The lowest BCUT2D eigenvalue weighted by Gasteiger charge is -2.42. The first-order valence-electron chi connectivity index (χ1n) is 23.1. The van der Waals surface area contributed by atoms with Gasteiger partial charge in [-0.05, 0) is 75.6 Å². The normalized spacial score (nSPS) is 16.4. The maximum Gasteiger partial charge on any atom is 0.0221 e. The molecule has 0 spiro atoms. The van der Waals surface area contributed by atoms with Gasteiger partial charge in [-0.3, -0.25) is 0 Å². The summed E-state index contributed by atoms with van der Waals surface area (Å²) in [6.45, 7) is 9.38. The summed E-state index contributed by atoms with van der Waals surface area (Å²) in [5, 5.41) is 3.04. The fourth-order valence-electron chi connectivity index (χ4n) is 10.5. The van der Waals surface area contributed by atoms with E-state index in [-0.39, 0.29) is 10.8 Å². The van der Waals surface area contributed by atoms with Crippen LogP contribution in [0.2, 0.25) is 0 Å². The van der Waals surface area contributed by atoms with Gasteiger partial charge < -0.3 is 0 Å². The van der Waals surface area contributed by atoms with E-state index in [0.29, 0.717) is 0 Å². The molecule has 286 valence electrons. The molecule has 5 rings (SSSR count). The Morgan fingerprint density at radius 2 is 0.865 bits per heavy atom. The Morgan fingerprint density at radius 3 is 1.40 bits per heavy atom. The molecule has 0 aliphatic heterocycles. The molecule has 0 N–H and O–H groups in total. The molecule has 0 fully saturated rings. The van der Waals surface area contributed by atoms with E-state index < -0.39 is 0 Å². The van der Waals surface area contributed by atoms with Crippen LogP contribution < -0.4 is 10.4 Å². The van der Waals surface area contributed by atoms with Gasteiger partial charge in [-0.1, -0.05) is 236 Å². The van der Waals surface area contributed by atoms with Crippen molar-refractivity contribution in [3.8, 4) is 0 Å². The molecule has 0 heterocycles. The van der Waals surface area contributed by atoms with Gasteiger partial charge in [0, 0.05) is 10.8 Å². The fourth-order valence-corrected chi connectivity index (χ4v) is 10.5. The highest BCUT2D eigenvalue weighted by Gasteiger charge is 2.51. The number of hydrogen-bond acceptors (Lipinski definition) is 0. The Bertz CT molecular complexity index is 1510. The number of benzene rings is 2. The Morgan fingerprint density at radius 1 is 0.423 bits per heavy atom. The SMILES string of the molecule is CCCCCCCCC1(CCCCCCCC)C=C2C(=C3C=c4ccccc4=C31)C(CCCCCCCC)(CCCCCCCC)c1ccccc12. The Labute approximate surface area is 321 Å². The van der Waals surface area contributed by atoms with Crippen molar-refractivity contribution in [1.82, 2.24) is 0 Å². The third-order valence-corrected chi connectivity index (χ3v) is 13.3.